The number of carbonyl (C=O) groups excluding carboxylic acids is 3. The number of piperidine rings is 1. The van der Waals surface area contributed by atoms with E-state index in [1.807, 2.05) is 4.90 Å². The van der Waals surface area contributed by atoms with Crippen LogP contribution < -0.4 is 10.6 Å². The van der Waals surface area contributed by atoms with Crippen molar-refractivity contribution >= 4 is 17.6 Å². The van der Waals surface area contributed by atoms with Gasteiger partial charge in [-0.15, -0.1) is 0 Å². The van der Waals surface area contributed by atoms with E-state index < -0.39 is 0 Å². The number of rotatable bonds is 3. The summed E-state index contributed by atoms with van der Waals surface area (Å²) in [6, 6.07) is 0.133. The number of carbonyl (C=O) groups is 3. The summed E-state index contributed by atoms with van der Waals surface area (Å²) >= 11 is 0. The predicted molar refractivity (Wildman–Crippen MR) is 165 cm³/mol. The van der Waals surface area contributed by atoms with Crippen molar-refractivity contribution in [2.45, 2.75) is 110 Å². The molecule has 240 valence electrons. The number of hydrogen-bond donors (Lipinski definition) is 2. The lowest BCUT2D eigenvalue weighted by molar-refractivity contribution is -0.160. The maximum absolute atomic E-state index is 14.4. The molecule has 0 bridgehead atoms. The zero-order valence-electron chi connectivity index (χ0n) is 27.3. The molecule has 2 amide bonds. The molecule has 2 N–H and O–H groups in total. The van der Waals surface area contributed by atoms with Crippen LogP contribution in [0.1, 0.15) is 91.9 Å². The molecule has 7 aliphatic rings. The first-order chi connectivity index (χ1) is 20.4. The van der Waals surface area contributed by atoms with Gasteiger partial charge in [-0.2, -0.15) is 0 Å². The van der Waals surface area contributed by atoms with Crippen molar-refractivity contribution in [2.24, 2.45) is 52.3 Å². The SMILES string of the molecule is C[C@@H]1CC[C@@]2(NC1)O[C@H]1C[C@H]3[C@@H]4CC[C@H]5C[C@@H](NC(=O)CC(=O)N6CCN(C)CC6)CC[C@]5(C)[C@H]4CC(=O)[C@]3(C)[C@H]1[C@@H]2C. The second kappa shape index (κ2) is 10.8. The van der Waals surface area contributed by atoms with Gasteiger partial charge in [0.05, 0.1) is 6.10 Å². The Balaban J connectivity index is 0.997. The Labute approximate surface area is 258 Å². The van der Waals surface area contributed by atoms with Gasteiger partial charge >= 0.3 is 0 Å². The zero-order valence-corrected chi connectivity index (χ0v) is 27.3. The van der Waals surface area contributed by atoms with Crippen LogP contribution in [-0.2, 0) is 19.1 Å². The van der Waals surface area contributed by atoms with Crippen molar-refractivity contribution in [2.75, 3.05) is 39.8 Å². The van der Waals surface area contributed by atoms with Crippen LogP contribution in [0.4, 0.5) is 0 Å². The molecule has 4 aliphatic carbocycles. The molecule has 0 aromatic carbocycles. The molecule has 3 aliphatic heterocycles. The number of amides is 2. The number of nitrogens with one attached hydrogen (secondary N) is 2. The van der Waals surface area contributed by atoms with Gasteiger partial charge in [-0.25, -0.2) is 0 Å². The fourth-order valence-corrected chi connectivity index (χ4v) is 11.8. The minimum Gasteiger partial charge on any atom is -0.357 e. The molecular weight excluding hydrogens is 540 g/mol. The van der Waals surface area contributed by atoms with E-state index in [4.69, 9.17) is 4.74 Å². The van der Waals surface area contributed by atoms with E-state index in [0.717, 1.165) is 51.7 Å². The highest BCUT2D eigenvalue weighted by Gasteiger charge is 2.71. The fourth-order valence-electron chi connectivity index (χ4n) is 11.8. The smallest absolute Gasteiger partial charge is 0.232 e. The van der Waals surface area contributed by atoms with Gasteiger partial charge in [0, 0.05) is 62.4 Å². The second-order valence-electron chi connectivity index (χ2n) is 16.6. The number of Topliss-reactive ketones (excluding diaryl/α,β-unsaturated/α-hetero) is 1. The number of likely N-dealkylation sites (N-methyl/N-ethyl adjacent to an activating group) is 1. The first-order valence-electron chi connectivity index (χ1n) is 17.7. The van der Waals surface area contributed by atoms with E-state index in [1.54, 1.807) is 0 Å². The maximum Gasteiger partial charge on any atom is 0.232 e. The summed E-state index contributed by atoms with van der Waals surface area (Å²) in [6.45, 7) is 13.6. The van der Waals surface area contributed by atoms with Gasteiger partial charge in [0.2, 0.25) is 11.8 Å². The van der Waals surface area contributed by atoms with Crippen molar-refractivity contribution in [1.82, 2.24) is 20.4 Å². The minimum atomic E-state index is -0.274. The van der Waals surface area contributed by atoms with Crippen molar-refractivity contribution in [3.05, 3.63) is 0 Å². The number of piperazine rings is 1. The van der Waals surface area contributed by atoms with Crippen LogP contribution in [0, 0.1) is 52.3 Å². The summed E-state index contributed by atoms with van der Waals surface area (Å²) in [5.74, 6) is 3.66. The van der Waals surface area contributed by atoms with Gasteiger partial charge < -0.3 is 19.9 Å². The molecule has 0 unspecified atom stereocenters. The van der Waals surface area contributed by atoms with E-state index in [2.05, 4.69) is 50.3 Å². The molecule has 3 heterocycles. The third-order valence-corrected chi connectivity index (χ3v) is 14.5. The highest BCUT2D eigenvalue weighted by molar-refractivity contribution is 5.97. The van der Waals surface area contributed by atoms with Crippen molar-refractivity contribution in [3.63, 3.8) is 0 Å². The van der Waals surface area contributed by atoms with E-state index in [0.29, 0.717) is 66.7 Å². The number of fused-ring (bicyclic) bond motifs is 7. The predicted octanol–water partition coefficient (Wildman–Crippen LogP) is 3.83. The molecule has 8 nitrogen and oxygen atoms in total. The molecule has 0 radical (unpaired) electrons. The molecule has 8 heteroatoms. The van der Waals surface area contributed by atoms with E-state index >= 15 is 0 Å². The Kier molecular flexibility index (Phi) is 7.57. The van der Waals surface area contributed by atoms with Crippen LogP contribution in [0.15, 0.2) is 0 Å². The summed E-state index contributed by atoms with van der Waals surface area (Å²) in [4.78, 5) is 44.1. The second-order valence-corrected chi connectivity index (χ2v) is 16.6. The molecule has 1 spiro atoms. The van der Waals surface area contributed by atoms with Crippen molar-refractivity contribution in [3.8, 4) is 0 Å². The first kappa shape index (κ1) is 30.2. The lowest BCUT2D eigenvalue weighted by Crippen LogP contribution is -2.60. The lowest BCUT2D eigenvalue weighted by Gasteiger charge is -2.60. The van der Waals surface area contributed by atoms with Crippen LogP contribution in [0.25, 0.3) is 0 Å². The fraction of sp³-hybridized carbons (Fsp3) is 0.914. The lowest BCUT2D eigenvalue weighted by atomic mass is 9.44. The standard InChI is InChI=1S/C35H56N4O4/c1-21-8-11-35(36-20-21)22(2)32-28(43-35)17-27-25-7-6-23-16-24(9-10-33(23,3)26(25)18-29(40)34(27,32)4)37-30(41)19-31(42)39-14-12-38(5)13-15-39/h21-28,32,36H,6-20H2,1-5H3,(H,37,41)/t21-,22+,23+,24+,25-,26+,27+,28+,32+,33+,34-,35-/m1/s1. The van der Waals surface area contributed by atoms with Gasteiger partial charge in [-0.3, -0.25) is 19.7 Å². The Hall–Kier alpha value is -1.51. The van der Waals surface area contributed by atoms with Crippen LogP contribution in [0.5, 0.6) is 0 Å². The Morgan fingerprint density at radius 2 is 1.77 bits per heavy atom. The van der Waals surface area contributed by atoms with Crippen LogP contribution in [-0.4, -0.2) is 85.0 Å². The summed E-state index contributed by atoms with van der Waals surface area (Å²) in [5.41, 5.74) is -0.373. The highest BCUT2D eigenvalue weighted by atomic mass is 16.5. The third-order valence-electron chi connectivity index (χ3n) is 14.5. The van der Waals surface area contributed by atoms with E-state index in [1.165, 1.54) is 19.3 Å². The zero-order chi connectivity index (χ0) is 30.3. The average molecular weight is 597 g/mol. The van der Waals surface area contributed by atoms with Gasteiger partial charge in [0.25, 0.3) is 0 Å². The topological polar surface area (TPSA) is 91.0 Å². The summed E-state index contributed by atoms with van der Waals surface area (Å²) in [6.07, 6.45) is 9.51. The van der Waals surface area contributed by atoms with Gasteiger partial charge in [-0.1, -0.05) is 27.7 Å². The van der Waals surface area contributed by atoms with Crippen LogP contribution >= 0.6 is 0 Å². The molecule has 43 heavy (non-hydrogen) atoms. The summed E-state index contributed by atoms with van der Waals surface area (Å²) < 4.78 is 6.98. The average Bonchev–Trinajstić information content (AvgIpc) is 3.42. The van der Waals surface area contributed by atoms with Crippen molar-refractivity contribution in [1.29, 1.82) is 0 Å². The van der Waals surface area contributed by atoms with Gasteiger partial charge in [0.1, 0.15) is 17.9 Å². The number of ketones is 1. The molecule has 12 atom stereocenters. The van der Waals surface area contributed by atoms with Gasteiger partial charge in [0.15, 0.2) is 0 Å². The number of ether oxygens (including phenoxy) is 1. The molecule has 0 aromatic rings. The molecule has 3 saturated heterocycles. The largest absolute Gasteiger partial charge is 0.357 e. The molecular formula is C35H56N4O4. The third kappa shape index (κ3) is 4.74. The molecule has 0 aromatic heterocycles. The van der Waals surface area contributed by atoms with Crippen LogP contribution in [0.2, 0.25) is 0 Å². The first-order valence-corrected chi connectivity index (χ1v) is 17.7. The minimum absolute atomic E-state index is 0.0414. The Bertz CT molecular complexity index is 1130. The molecule has 7 fully saturated rings. The monoisotopic (exact) mass is 596 g/mol. The maximum atomic E-state index is 14.4. The Morgan fingerprint density at radius 3 is 2.49 bits per heavy atom. The highest BCUT2D eigenvalue weighted by Crippen LogP contribution is 2.70. The number of nitrogens with zero attached hydrogens (tertiary/aromatic N) is 2. The Morgan fingerprint density at radius 1 is 1.00 bits per heavy atom. The van der Waals surface area contributed by atoms with Gasteiger partial charge in [-0.05, 0) is 93.4 Å². The van der Waals surface area contributed by atoms with Crippen molar-refractivity contribution < 1.29 is 19.1 Å². The summed E-state index contributed by atoms with van der Waals surface area (Å²) in [5, 5.41) is 7.06. The number of hydrogen-bond acceptors (Lipinski definition) is 6. The quantitative estimate of drug-likeness (QED) is 0.482. The van der Waals surface area contributed by atoms with E-state index in [-0.39, 0.29) is 46.9 Å². The molecule has 4 saturated carbocycles. The van der Waals surface area contributed by atoms with Crippen LogP contribution in [0.3, 0.4) is 0 Å². The normalized spacial score (nSPS) is 49.7. The molecule has 7 rings (SSSR count). The summed E-state index contributed by atoms with van der Waals surface area (Å²) in [7, 11) is 2.07. The van der Waals surface area contributed by atoms with E-state index in [9.17, 15) is 14.4 Å².